The standard InChI is InChI=1S/C26H33N5O/c1-6-8-9-18-10-11-19(14-20(18)17(3)7-2)21-15-22(31(5)13-12-28-4)23(26(27)32)25-24(21)29-16-30-25/h6,8-11,14-16,28H,7,12-13H2,1-5H3,(H2,27,32)(H,29,30)/b8-6-,18-9-,20-17+. The zero-order valence-corrected chi connectivity index (χ0v) is 19.6. The van der Waals surface area contributed by atoms with Crippen LogP contribution in [0.3, 0.4) is 0 Å². The second-order valence-corrected chi connectivity index (χ2v) is 7.96. The molecule has 0 saturated carbocycles. The number of aromatic amines is 1. The molecule has 0 aliphatic rings. The summed E-state index contributed by atoms with van der Waals surface area (Å²) in [7, 11) is 3.88. The Hall–Kier alpha value is -3.38. The maximum Gasteiger partial charge on any atom is 0.253 e. The van der Waals surface area contributed by atoms with Crippen molar-refractivity contribution in [3.8, 4) is 11.1 Å². The number of carbonyl (C=O) groups is 1. The van der Waals surface area contributed by atoms with Gasteiger partial charge in [-0.25, -0.2) is 4.98 Å². The van der Waals surface area contributed by atoms with Crippen LogP contribution in [0, 0.1) is 0 Å². The molecule has 0 atom stereocenters. The van der Waals surface area contributed by atoms with Gasteiger partial charge >= 0.3 is 0 Å². The average molecular weight is 432 g/mol. The zero-order valence-electron chi connectivity index (χ0n) is 19.6. The third kappa shape index (κ3) is 4.60. The van der Waals surface area contributed by atoms with E-state index in [2.05, 4.69) is 64.4 Å². The molecule has 6 heteroatoms. The van der Waals surface area contributed by atoms with E-state index < -0.39 is 5.91 Å². The molecule has 1 amide bonds. The minimum atomic E-state index is -0.468. The number of nitrogens with two attached hydrogens (primary N) is 1. The predicted octanol–water partition coefficient (Wildman–Crippen LogP) is 2.92. The van der Waals surface area contributed by atoms with Crippen molar-refractivity contribution in [1.82, 2.24) is 15.3 Å². The van der Waals surface area contributed by atoms with Crippen molar-refractivity contribution in [2.24, 2.45) is 5.73 Å². The summed E-state index contributed by atoms with van der Waals surface area (Å²) < 4.78 is 0. The molecule has 168 valence electrons. The van der Waals surface area contributed by atoms with Crippen molar-refractivity contribution in [1.29, 1.82) is 0 Å². The molecule has 0 spiro atoms. The van der Waals surface area contributed by atoms with Crippen LogP contribution in [0.2, 0.25) is 0 Å². The second kappa shape index (κ2) is 10.3. The number of nitrogens with zero attached hydrogens (tertiary/aromatic N) is 2. The molecule has 0 saturated heterocycles. The first kappa shape index (κ1) is 23.3. The monoisotopic (exact) mass is 431 g/mol. The van der Waals surface area contributed by atoms with Gasteiger partial charge in [-0.05, 0) is 55.4 Å². The SMILES string of the molecule is C\C=C/C=c1/ccc(-c2cc(N(C)CCNC)c(C(N)=O)c3[nH]cnc23)c/c1=C(/C)CC. The average Bonchev–Trinajstić information content (AvgIpc) is 3.28. The van der Waals surface area contributed by atoms with E-state index in [1.807, 2.05) is 33.2 Å². The summed E-state index contributed by atoms with van der Waals surface area (Å²) in [5.41, 5.74) is 11.8. The topological polar surface area (TPSA) is 87.0 Å². The molecule has 4 N–H and O–H groups in total. The summed E-state index contributed by atoms with van der Waals surface area (Å²) in [5.74, 6) is -0.468. The number of rotatable bonds is 8. The van der Waals surface area contributed by atoms with Gasteiger partial charge in [-0.1, -0.05) is 42.9 Å². The Morgan fingerprint density at radius 1 is 1.31 bits per heavy atom. The number of fused-ring (bicyclic) bond motifs is 1. The van der Waals surface area contributed by atoms with Crippen LogP contribution in [0.25, 0.3) is 33.8 Å². The van der Waals surface area contributed by atoms with Crippen LogP contribution in [-0.2, 0) is 0 Å². The van der Waals surface area contributed by atoms with Crippen molar-refractivity contribution in [2.75, 3.05) is 32.1 Å². The van der Waals surface area contributed by atoms with Crippen LogP contribution in [0.1, 0.15) is 37.6 Å². The number of carbonyl (C=O) groups excluding carboxylic acids is 1. The smallest absolute Gasteiger partial charge is 0.253 e. The molecule has 1 aromatic heterocycles. The van der Waals surface area contributed by atoms with Gasteiger partial charge in [-0.3, -0.25) is 4.79 Å². The van der Waals surface area contributed by atoms with E-state index >= 15 is 0 Å². The van der Waals surface area contributed by atoms with E-state index in [0.29, 0.717) is 11.1 Å². The summed E-state index contributed by atoms with van der Waals surface area (Å²) in [6.07, 6.45) is 8.81. The molecule has 3 aromatic rings. The lowest BCUT2D eigenvalue weighted by Gasteiger charge is -2.23. The number of likely N-dealkylation sites (N-methyl/N-ethyl adjacent to an activating group) is 2. The number of imidazole rings is 1. The number of hydrogen-bond donors (Lipinski definition) is 3. The third-order valence-electron chi connectivity index (χ3n) is 5.86. The number of primary amides is 1. The highest BCUT2D eigenvalue weighted by molar-refractivity contribution is 6.12. The van der Waals surface area contributed by atoms with E-state index in [4.69, 9.17) is 5.73 Å². The van der Waals surface area contributed by atoms with Gasteiger partial charge in [0.1, 0.15) is 0 Å². The Morgan fingerprint density at radius 3 is 2.75 bits per heavy atom. The van der Waals surface area contributed by atoms with E-state index in [9.17, 15) is 4.79 Å². The van der Waals surface area contributed by atoms with E-state index in [0.717, 1.165) is 41.8 Å². The van der Waals surface area contributed by atoms with Gasteiger partial charge in [0.25, 0.3) is 5.91 Å². The zero-order chi connectivity index (χ0) is 23.3. The summed E-state index contributed by atoms with van der Waals surface area (Å²) in [4.78, 5) is 22.2. The summed E-state index contributed by atoms with van der Waals surface area (Å²) >= 11 is 0. The Kier molecular flexibility index (Phi) is 7.49. The van der Waals surface area contributed by atoms with E-state index in [1.165, 1.54) is 16.0 Å². The maximum atomic E-state index is 12.4. The Balaban J connectivity index is 2.34. The lowest BCUT2D eigenvalue weighted by atomic mass is 9.96. The highest BCUT2D eigenvalue weighted by Crippen LogP contribution is 2.35. The fraction of sp³-hybridized carbons (Fsp3) is 0.308. The molecule has 2 aromatic carbocycles. The highest BCUT2D eigenvalue weighted by Gasteiger charge is 2.21. The molecule has 1 heterocycles. The Bertz CT molecular complexity index is 1270. The number of hydrogen-bond acceptors (Lipinski definition) is 4. The Morgan fingerprint density at radius 2 is 2.09 bits per heavy atom. The van der Waals surface area contributed by atoms with E-state index in [-0.39, 0.29) is 0 Å². The lowest BCUT2D eigenvalue weighted by Crippen LogP contribution is -2.29. The van der Waals surface area contributed by atoms with Crippen molar-refractivity contribution < 1.29 is 4.79 Å². The minimum Gasteiger partial charge on any atom is -0.373 e. The minimum absolute atomic E-state index is 0.467. The van der Waals surface area contributed by atoms with Gasteiger partial charge in [-0.15, -0.1) is 0 Å². The molecule has 0 fully saturated rings. The molecule has 0 aliphatic heterocycles. The van der Waals surface area contributed by atoms with Gasteiger partial charge in [0.15, 0.2) is 0 Å². The molecule has 0 bridgehead atoms. The number of allylic oxidation sites excluding steroid dienone is 2. The van der Waals surface area contributed by atoms with Crippen LogP contribution < -0.4 is 26.4 Å². The van der Waals surface area contributed by atoms with Crippen LogP contribution in [-0.4, -0.2) is 43.1 Å². The second-order valence-electron chi connectivity index (χ2n) is 7.96. The fourth-order valence-electron chi connectivity index (χ4n) is 3.89. The van der Waals surface area contributed by atoms with Gasteiger partial charge in [-0.2, -0.15) is 0 Å². The third-order valence-corrected chi connectivity index (χ3v) is 5.86. The molecule has 0 radical (unpaired) electrons. The van der Waals surface area contributed by atoms with Crippen LogP contribution in [0.5, 0.6) is 0 Å². The van der Waals surface area contributed by atoms with Crippen LogP contribution in [0.15, 0.2) is 42.7 Å². The molecular weight excluding hydrogens is 398 g/mol. The van der Waals surface area contributed by atoms with Crippen molar-refractivity contribution in [2.45, 2.75) is 27.2 Å². The first-order chi connectivity index (χ1) is 15.4. The van der Waals surface area contributed by atoms with Crippen molar-refractivity contribution in [3.05, 3.63) is 58.7 Å². The van der Waals surface area contributed by atoms with Crippen molar-refractivity contribution >= 4 is 34.3 Å². The molecule has 32 heavy (non-hydrogen) atoms. The summed E-state index contributed by atoms with van der Waals surface area (Å²) in [5, 5.41) is 5.56. The molecule has 6 nitrogen and oxygen atoms in total. The molecular formula is C26H33N5O. The number of aromatic nitrogens is 2. The highest BCUT2D eigenvalue weighted by atomic mass is 16.1. The summed E-state index contributed by atoms with van der Waals surface area (Å²) in [6.45, 7) is 7.88. The first-order valence-corrected chi connectivity index (χ1v) is 11.0. The largest absolute Gasteiger partial charge is 0.373 e. The molecule has 3 rings (SSSR count). The van der Waals surface area contributed by atoms with Gasteiger partial charge in [0.2, 0.25) is 0 Å². The van der Waals surface area contributed by atoms with E-state index in [1.54, 1.807) is 6.33 Å². The maximum absolute atomic E-state index is 12.4. The van der Waals surface area contributed by atoms with Gasteiger partial charge < -0.3 is 20.9 Å². The number of anilines is 1. The quantitative estimate of drug-likeness (QED) is 0.512. The predicted molar refractivity (Wildman–Crippen MR) is 135 cm³/mol. The number of amides is 1. The number of benzene rings is 2. The lowest BCUT2D eigenvalue weighted by molar-refractivity contribution is 0.100. The first-order valence-electron chi connectivity index (χ1n) is 11.0. The molecule has 0 unspecified atom stereocenters. The number of nitrogens with one attached hydrogen (secondary N) is 2. The van der Waals surface area contributed by atoms with Crippen LogP contribution in [0.4, 0.5) is 5.69 Å². The Labute approximate surface area is 189 Å². The van der Waals surface area contributed by atoms with Crippen LogP contribution >= 0.6 is 0 Å². The van der Waals surface area contributed by atoms with Crippen molar-refractivity contribution in [3.63, 3.8) is 0 Å². The number of H-pyrrole nitrogens is 1. The fourth-order valence-corrected chi connectivity index (χ4v) is 3.89. The van der Waals surface area contributed by atoms with Gasteiger partial charge in [0.05, 0.1) is 28.6 Å². The normalized spacial score (nSPS) is 13.2. The van der Waals surface area contributed by atoms with Gasteiger partial charge in [0, 0.05) is 25.7 Å². The molecule has 0 aliphatic carbocycles. The summed E-state index contributed by atoms with van der Waals surface area (Å²) in [6, 6.07) is 8.52.